The fourth-order valence-electron chi connectivity index (χ4n) is 2.48. The Labute approximate surface area is 138 Å². The van der Waals surface area contributed by atoms with E-state index >= 15 is 0 Å². The molecule has 0 spiro atoms. The molecular formula is C17H17FN2O2S. The van der Waals surface area contributed by atoms with Gasteiger partial charge in [0.2, 0.25) is 0 Å². The molecule has 1 heterocycles. The highest BCUT2D eigenvalue weighted by molar-refractivity contribution is 7.99. The number of halogens is 1. The summed E-state index contributed by atoms with van der Waals surface area (Å²) in [5, 5.41) is 2.55. The second kappa shape index (κ2) is 6.91. The number of amides is 2. The Bertz CT molecular complexity index is 693. The van der Waals surface area contributed by atoms with Crippen molar-refractivity contribution in [3.63, 3.8) is 0 Å². The van der Waals surface area contributed by atoms with Gasteiger partial charge in [0.05, 0.1) is 7.11 Å². The van der Waals surface area contributed by atoms with Crippen LogP contribution in [0.15, 0.2) is 48.5 Å². The van der Waals surface area contributed by atoms with Gasteiger partial charge in [0.1, 0.15) is 16.9 Å². The summed E-state index contributed by atoms with van der Waals surface area (Å²) in [5.74, 6) is 1.23. The molecule has 1 unspecified atom stereocenters. The molecule has 2 aromatic rings. The van der Waals surface area contributed by atoms with Crippen LogP contribution < -0.4 is 10.1 Å². The number of methoxy groups -OCH3 is 1. The molecule has 23 heavy (non-hydrogen) atoms. The van der Waals surface area contributed by atoms with Crippen molar-refractivity contribution in [1.29, 1.82) is 0 Å². The van der Waals surface area contributed by atoms with Crippen molar-refractivity contribution < 1.29 is 13.9 Å². The highest BCUT2D eigenvalue weighted by Crippen LogP contribution is 2.39. The minimum absolute atomic E-state index is 0.228. The summed E-state index contributed by atoms with van der Waals surface area (Å²) in [6, 6.07) is 13.5. The molecular weight excluding hydrogens is 315 g/mol. The molecule has 1 saturated heterocycles. The van der Waals surface area contributed by atoms with Crippen molar-refractivity contribution in [1.82, 2.24) is 4.90 Å². The number of ether oxygens (including phenoxy) is 1. The number of carbonyl (C=O) groups excluding carboxylic acids is 1. The molecule has 120 valence electrons. The topological polar surface area (TPSA) is 41.6 Å². The zero-order chi connectivity index (χ0) is 16.2. The van der Waals surface area contributed by atoms with Gasteiger partial charge in [-0.1, -0.05) is 18.2 Å². The van der Waals surface area contributed by atoms with Crippen molar-refractivity contribution in [2.75, 3.05) is 24.7 Å². The van der Waals surface area contributed by atoms with E-state index in [1.807, 2.05) is 0 Å². The number of hydrogen-bond donors (Lipinski definition) is 1. The third-order valence-corrected chi connectivity index (χ3v) is 4.91. The number of urea groups is 1. The number of nitrogens with zero attached hydrogens (tertiary/aromatic N) is 1. The molecule has 2 aromatic carbocycles. The Morgan fingerprint density at radius 1 is 1.26 bits per heavy atom. The lowest BCUT2D eigenvalue weighted by Crippen LogP contribution is -2.34. The summed E-state index contributed by atoms with van der Waals surface area (Å²) in [6.45, 7) is 0.589. The van der Waals surface area contributed by atoms with Crippen LogP contribution in [0.2, 0.25) is 0 Å². The SMILES string of the molecule is COc1ccc(NC(=O)N2CCSC2c2ccccc2F)cc1. The van der Waals surface area contributed by atoms with Crippen molar-refractivity contribution in [2.24, 2.45) is 0 Å². The lowest BCUT2D eigenvalue weighted by Gasteiger charge is -2.24. The molecule has 4 nitrogen and oxygen atoms in total. The molecule has 0 bridgehead atoms. The van der Waals surface area contributed by atoms with Gasteiger partial charge in [-0.05, 0) is 30.3 Å². The van der Waals surface area contributed by atoms with Crippen LogP contribution in [-0.2, 0) is 0 Å². The molecule has 1 N–H and O–H groups in total. The van der Waals surface area contributed by atoms with E-state index in [9.17, 15) is 9.18 Å². The van der Waals surface area contributed by atoms with Gasteiger partial charge >= 0.3 is 6.03 Å². The molecule has 0 saturated carbocycles. The van der Waals surface area contributed by atoms with E-state index in [0.717, 1.165) is 11.5 Å². The van der Waals surface area contributed by atoms with E-state index in [0.29, 0.717) is 17.8 Å². The molecule has 1 fully saturated rings. The second-order valence-corrected chi connectivity index (χ2v) is 6.28. The number of thioether (sulfide) groups is 1. The van der Waals surface area contributed by atoms with Crippen LogP contribution in [0, 0.1) is 5.82 Å². The lowest BCUT2D eigenvalue weighted by molar-refractivity contribution is 0.213. The summed E-state index contributed by atoms with van der Waals surface area (Å²) >= 11 is 1.57. The Morgan fingerprint density at radius 2 is 2.00 bits per heavy atom. The van der Waals surface area contributed by atoms with Gasteiger partial charge in [0, 0.05) is 23.5 Å². The monoisotopic (exact) mass is 332 g/mol. The summed E-state index contributed by atoms with van der Waals surface area (Å²) in [6.07, 6.45) is 0. The average Bonchev–Trinajstić information content (AvgIpc) is 3.05. The van der Waals surface area contributed by atoms with Crippen LogP contribution in [0.5, 0.6) is 5.75 Å². The van der Waals surface area contributed by atoms with E-state index in [2.05, 4.69) is 5.32 Å². The third kappa shape index (κ3) is 3.42. The van der Waals surface area contributed by atoms with Gasteiger partial charge in [-0.3, -0.25) is 0 Å². The normalized spacial score (nSPS) is 17.1. The predicted octanol–water partition coefficient (Wildman–Crippen LogP) is 4.11. The van der Waals surface area contributed by atoms with Gasteiger partial charge in [-0.25, -0.2) is 9.18 Å². The van der Waals surface area contributed by atoms with Gasteiger partial charge in [0.15, 0.2) is 0 Å². The van der Waals surface area contributed by atoms with Crippen molar-refractivity contribution in [3.8, 4) is 5.75 Å². The zero-order valence-corrected chi connectivity index (χ0v) is 13.5. The minimum Gasteiger partial charge on any atom is -0.497 e. The molecule has 2 amide bonds. The van der Waals surface area contributed by atoms with Gasteiger partial charge in [0.25, 0.3) is 0 Å². The van der Waals surface area contributed by atoms with E-state index < -0.39 is 0 Å². The summed E-state index contributed by atoms with van der Waals surface area (Å²) < 4.78 is 19.1. The van der Waals surface area contributed by atoms with Crippen LogP contribution in [-0.4, -0.2) is 30.3 Å². The standard InChI is InChI=1S/C17H17FN2O2S/c1-22-13-8-6-12(7-9-13)19-17(21)20-10-11-23-16(20)14-4-2-3-5-15(14)18/h2-9,16H,10-11H2,1H3,(H,19,21). The maximum atomic E-state index is 14.0. The number of rotatable bonds is 3. The smallest absolute Gasteiger partial charge is 0.323 e. The molecule has 0 aliphatic carbocycles. The van der Waals surface area contributed by atoms with E-state index in [4.69, 9.17) is 4.74 Å². The fourth-order valence-corrected chi connectivity index (χ4v) is 3.76. The molecule has 1 atom stereocenters. The number of anilines is 1. The first-order valence-electron chi connectivity index (χ1n) is 7.27. The largest absolute Gasteiger partial charge is 0.497 e. The minimum atomic E-state index is -0.297. The number of benzene rings is 2. The molecule has 0 aromatic heterocycles. The molecule has 1 aliphatic heterocycles. The van der Waals surface area contributed by atoms with Crippen molar-refractivity contribution >= 4 is 23.5 Å². The molecule has 6 heteroatoms. The average molecular weight is 332 g/mol. The van der Waals surface area contributed by atoms with E-state index in [1.54, 1.807) is 66.2 Å². The Balaban J connectivity index is 1.74. The maximum absolute atomic E-state index is 14.0. The van der Waals surface area contributed by atoms with Crippen LogP contribution in [0.4, 0.5) is 14.9 Å². The van der Waals surface area contributed by atoms with E-state index in [1.165, 1.54) is 6.07 Å². The van der Waals surface area contributed by atoms with Gasteiger partial charge in [-0.2, -0.15) is 0 Å². The molecule has 3 rings (SSSR count). The lowest BCUT2D eigenvalue weighted by atomic mass is 10.2. The first-order chi connectivity index (χ1) is 11.2. The Hall–Kier alpha value is -2.21. The highest BCUT2D eigenvalue weighted by atomic mass is 32.2. The predicted molar refractivity (Wildman–Crippen MR) is 90.3 cm³/mol. The second-order valence-electron chi connectivity index (χ2n) is 5.10. The number of hydrogen-bond acceptors (Lipinski definition) is 3. The number of nitrogens with one attached hydrogen (secondary N) is 1. The Morgan fingerprint density at radius 3 is 2.70 bits per heavy atom. The highest BCUT2D eigenvalue weighted by Gasteiger charge is 2.32. The van der Waals surface area contributed by atoms with Gasteiger partial charge in [-0.15, -0.1) is 11.8 Å². The molecule has 0 radical (unpaired) electrons. The summed E-state index contributed by atoms with van der Waals surface area (Å²) in [7, 11) is 1.59. The van der Waals surface area contributed by atoms with Gasteiger partial charge < -0.3 is 15.0 Å². The van der Waals surface area contributed by atoms with Crippen molar-refractivity contribution in [3.05, 3.63) is 59.9 Å². The third-order valence-electron chi connectivity index (χ3n) is 3.66. The summed E-state index contributed by atoms with van der Waals surface area (Å²) in [4.78, 5) is 14.2. The van der Waals surface area contributed by atoms with Crippen LogP contribution in [0.3, 0.4) is 0 Å². The molecule has 1 aliphatic rings. The number of carbonyl (C=O) groups is 1. The van der Waals surface area contributed by atoms with Crippen LogP contribution in [0.1, 0.15) is 10.9 Å². The maximum Gasteiger partial charge on any atom is 0.323 e. The fraction of sp³-hybridized carbons (Fsp3) is 0.235. The van der Waals surface area contributed by atoms with Crippen molar-refractivity contribution in [2.45, 2.75) is 5.37 Å². The first-order valence-corrected chi connectivity index (χ1v) is 8.31. The Kier molecular flexibility index (Phi) is 4.71. The zero-order valence-electron chi connectivity index (χ0n) is 12.7. The van der Waals surface area contributed by atoms with Crippen LogP contribution in [0.25, 0.3) is 0 Å². The summed E-state index contributed by atoms with van der Waals surface area (Å²) in [5.41, 5.74) is 1.22. The quantitative estimate of drug-likeness (QED) is 0.919. The van der Waals surface area contributed by atoms with E-state index in [-0.39, 0.29) is 17.2 Å². The first kappa shape index (κ1) is 15.7. The van der Waals surface area contributed by atoms with Crippen LogP contribution >= 0.6 is 11.8 Å².